The Morgan fingerprint density at radius 2 is 2.20 bits per heavy atom. The predicted molar refractivity (Wildman–Crippen MR) is 64.1 cm³/mol. The molecule has 2 atom stereocenters. The highest BCUT2D eigenvalue weighted by molar-refractivity contribution is 8.00. The van der Waals surface area contributed by atoms with Crippen molar-refractivity contribution in [1.29, 1.82) is 0 Å². The van der Waals surface area contributed by atoms with E-state index in [-0.39, 0.29) is 11.2 Å². The van der Waals surface area contributed by atoms with Gasteiger partial charge in [-0.15, -0.1) is 11.8 Å². The maximum Gasteiger partial charge on any atom is 0.233 e. The van der Waals surface area contributed by atoms with Crippen molar-refractivity contribution in [2.75, 3.05) is 18.8 Å². The van der Waals surface area contributed by atoms with Gasteiger partial charge in [0.2, 0.25) is 5.91 Å². The minimum atomic E-state index is 0.223. The number of amides is 1. The highest BCUT2D eigenvalue weighted by atomic mass is 32.2. The Morgan fingerprint density at radius 1 is 1.27 bits per heavy atom. The molecule has 2 heterocycles. The molecule has 0 aromatic rings. The Morgan fingerprint density at radius 3 is 2.87 bits per heavy atom. The smallest absolute Gasteiger partial charge is 0.233 e. The molecule has 0 aromatic heterocycles. The molecule has 4 heteroatoms. The van der Waals surface area contributed by atoms with E-state index in [2.05, 4.69) is 10.6 Å². The summed E-state index contributed by atoms with van der Waals surface area (Å²) in [6.45, 7) is 2.05. The molecule has 1 amide bonds. The summed E-state index contributed by atoms with van der Waals surface area (Å²) >= 11 is 1.83. The van der Waals surface area contributed by atoms with E-state index < -0.39 is 0 Å². The fourth-order valence-corrected chi connectivity index (χ4v) is 3.42. The fourth-order valence-electron chi connectivity index (χ4n) is 2.22. The highest BCUT2D eigenvalue weighted by Crippen LogP contribution is 2.25. The molecule has 0 aromatic carbocycles. The van der Waals surface area contributed by atoms with Crippen molar-refractivity contribution in [3.63, 3.8) is 0 Å². The number of piperidine rings is 1. The maximum absolute atomic E-state index is 11.9. The van der Waals surface area contributed by atoms with Crippen LogP contribution in [0.2, 0.25) is 0 Å². The van der Waals surface area contributed by atoms with Crippen molar-refractivity contribution in [1.82, 2.24) is 10.6 Å². The second-order valence-corrected chi connectivity index (χ2v) is 5.72. The largest absolute Gasteiger partial charge is 0.351 e. The van der Waals surface area contributed by atoms with Gasteiger partial charge in [-0.1, -0.05) is 6.42 Å². The van der Waals surface area contributed by atoms with E-state index in [1.54, 1.807) is 0 Å². The Bertz CT molecular complexity index is 211. The van der Waals surface area contributed by atoms with E-state index in [1.165, 1.54) is 19.3 Å². The van der Waals surface area contributed by atoms with Gasteiger partial charge in [0.25, 0.3) is 0 Å². The van der Waals surface area contributed by atoms with Crippen molar-refractivity contribution >= 4 is 17.7 Å². The number of hydrogen-bond acceptors (Lipinski definition) is 3. The van der Waals surface area contributed by atoms with Crippen LogP contribution in [-0.4, -0.2) is 36.0 Å². The lowest BCUT2D eigenvalue weighted by Gasteiger charge is -2.27. The quantitative estimate of drug-likeness (QED) is 0.745. The highest BCUT2D eigenvalue weighted by Gasteiger charge is 2.24. The molecule has 0 bridgehead atoms. The van der Waals surface area contributed by atoms with Crippen molar-refractivity contribution in [3.8, 4) is 0 Å². The summed E-state index contributed by atoms with van der Waals surface area (Å²) in [4.78, 5) is 11.9. The number of carbonyl (C=O) groups excluding carboxylic acids is 1. The molecule has 2 aliphatic rings. The first-order valence-corrected chi connectivity index (χ1v) is 7.04. The van der Waals surface area contributed by atoms with Crippen LogP contribution >= 0.6 is 11.8 Å². The zero-order chi connectivity index (χ0) is 10.5. The molecule has 3 nitrogen and oxygen atoms in total. The van der Waals surface area contributed by atoms with Crippen molar-refractivity contribution < 1.29 is 4.79 Å². The summed E-state index contributed by atoms with van der Waals surface area (Å²) in [7, 11) is 0. The van der Waals surface area contributed by atoms with Crippen molar-refractivity contribution in [2.24, 2.45) is 0 Å². The monoisotopic (exact) mass is 228 g/mol. The van der Waals surface area contributed by atoms with Crippen LogP contribution < -0.4 is 10.6 Å². The molecular formula is C11H20N2OS. The molecule has 2 N–H and O–H groups in total. The minimum absolute atomic E-state index is 0.223. The molecule has 2 saturated heterocycles. The SMILES string of the molecule is O=C(NC1CCCNC1)C1CCCCS1. The molecule has 86 valence electrons. The molecule has 0 aliphatic carbocycles. The van der Waals surface area contributed by atoms with E-state index in [0.717, 1.165) is 31.7 Å². The van der Waals surface area contributed by atoms with Crippen LogP contribution in [0.4, 0.5) is 0 Å². The average molecular weight is 228 g/mol. The maximum atomic E-state index is 11.9. The van der Waals surface area contributed by atoms with Crippen LogP contribution in [0, 0.1) is 0 Å². The summed E-state index contributed by atoms with van der Waals surface area (Å²) in [6, 6.07) is 0.369. The number of carbonyl (C=O) groups is 1. The molecule has 2 unspecified atom stereocenters. The summed E-state index contributed by atoms with van der Waals surface area (Å²) in [5.74, 6) is 1.43. The van der Waals surface area contributed by atoms with E-state index in [9.17, 15) is 4.79 Å². The van der Waals surface area contributed by atoms with Crippen LogP contribution in [-0.2, 0) is 4.79 Å². The molecule has 0 spiro atoms. The summed E-state index contributed by atoms with van der Waals surface area (Å²) < 4.78 is 0. The number of hydrogen-bond donors (Lipinski definition) is 2. The number of thioether (sulfide) groups is 1. The molecule has 0 radical (unpaired) electrons. The second-order valence-electron chi connectivity index (χ2n) is 4.41. The topological polar surface area (TPSA) is 41.1 Å². The third-order valence-electron chi connectivity index (χ3n) is 3.12. The van der Waals surface area contributed by atoms with Crippen LogP contribution in [0.25, 0.3) is 0 Å². The molecule has 2 aliphatic heterocycles. The van der Waals surface area contributed by atoms with Gasteiger partial charge in [0.1, 0.15) is 0 Å². The van der Waals surface area contributed by atoms with Crippen LogP contribution in [0.1, 0.15) is 32.1 Å². The lowest BCUT2D eigenvalue weighted by molar-refractivity contribution is -0.121. The number of rotatable bonds is 2. The molecule has 2 rings (SSSR count). The van der Waals surface area contributed by atoms with Crippen LogP contribution in [0.15, 0.2) is 0 Å². The first-order chi connectivity index (χ1) is 7.36. The Hall–Kier alpha value is -0.220. The summed E-state index contributed by atoms with van der Waals surface area (Å²) in [5, 5.41) is 6.71. The first-order valence-electron chi connectivity index (χ1n) is 5.99. The standard InChI is InChI=1S/C11H20N2OS/c14-11(10-5-1-2-7-15-10)13-9-4-3-6-12-8-9/h9-10,12H,1-8H2,(H,13,14). The number of nitrogens with one attached hydrogen (secondary N) is 2. The normalized spacial score (nSPS) is 32.3. The van der Waals surface area contributed by atoms with Gasteiger partial charge in [-0.25, -0.2) is 0 Å². The first kappa shape index (κ1) is 11.3. The van der Waals surface area contributed by atoms with Gasteiger partial charge in [-0.2, -0.15) is 0 Å². The third kappa shape index (κ3) is 3.38. The summed E-state index contributed by atoms with van der Waals surface area (Å²) in [6.07, 6.45) is 5.88. The van der Waals surface area contributed by atoms with Gasteiger partial charge in [-0.05, 0) is 38.0 Å². The van der Waals surface area contributed by atoms with Gasteiger partial charge in [0, 0.05) is 12.6 Å². The Kier molecular flexibility index (Phi) is 4.32. The van der Waals surface area contributed by atoms with Crippen LogP contribution in [0.3, 0.4) is 0 Å². The Labute approximate surface area is 95.8 Å². The van der Waals surface area contributed by atoms with Gasteiger partial charge in [0.05, 0.1) is 5.25 Å². The van der Waals surface area contributed by atoms with E-state index in [4.69, 9.17) is 0 Å². The van der Waals surface area contributed by atoms with Gasteiger partial charge in [0.15, 0.2) is 0 Å². The van der Waals surface area contributed by atoms with E-state index >= 15 is 0 Å². The lowest BCUT2D eigenvalue weighted by Crippen LogP contribution is -2.48. The zero-order valence-electron chi connectivity index (χ0n) is 9.13. The minimum Gasteiger partial charge on any atom is -0.351 e. The van der Waals surface area contributed by atoms with Crippen molar-refractivity contribution in [2.45, 2.75) is 43.4 Å². The van der Waals surface area contributed by atoms with Crippen LogP contribution in [0.5, 0.6) is 0 Å². The average Bonchev–Trinajstić information content (AvgIpc) is 2.31. The molecule has 2 fully saturated rings. The Balaban J connectivity index is 1.74. The fraction of sp³-hybridized carbons (Fsp3) is 0.909. The zero-order valence-corrected chi connectivity index (χ0v) is 9.94. The van der Waals surface area contributed by atoms with Gasteiger partial charge < -0.3 is 10.6 Å². The lowest BCUT2D eigenvalue weighted by atomic mass is 10.1. The second kappa shape index (κ2) is 5.75. The summed E-state index contributed by atoms with van der Waals surface area (Å²) in [5.41, 5.74) is 0. The van der Waals surface area contributed by atoms with E-state index in [1.807, 2.05) is 11.8 Å². The van der Waals surface area contributed by atoms with Crippen molar-refractivity contribution in [3.05, 3.63) is 0 Å². The molecule has 0 saturated carbocycles. The molecule has 15 heavy (non-hydrogen) atoms. The third-order valence-corrected chi connectivity index (χ3v) is 4.49. The molecular weight excluding hydrogens is 208 g/mol. The van der Waals surface area contributed by atoms with Gasteiger partial charge >= 0.3 is 0 Å². The van der Waals surface area contributed by atoms with E-state index in [0.29, 0.717) is 6.04 Å². The van der Waals surface area contributed by atoms with Gasteiger partial charge in [-0.3, -0.25) is 4.79 Å². The predicted octanol–water partition coefficient (Wildman–Crippen LogP) is 1.14.